The molecule has 0 radical (unpaired) electrons. The topological polar surface area (TPSA) is 658 Å². The van der Waals surface area contributed by atoms with Crippen molar-refractivity contribution in [2.24, 2.45) is 5.92 Å². The summed E-state index contributed by atoms with van der Waals surface area (Å²) in [6.07, 6.45) is 2.29. The Kier molecular flexibility index (Phi) is 68.4. The molecule has 1 atom stereocenters. The summed E-state index contributed by atoms with van der Waals surface area (Å²) in [6.45, 7) is 33.6. The molecule has 0 spiro atoms. The summed E-state index contributed by atoms with van der Waals surface area (Å²) in [6, 6.07) is 0.310. The molecule has 0 bridgehead atoms. The number of ketones is 2. The van der Waals surface area contributed by atoms with Gasteiger partial charge in [0, 0.05) is 287 Å². The van der Waals surface area contributed by atoms with Crippen molar-refractivity contribution in [3.63, 3.8) is 0 Å². The van der Waals surface area contributed by atoms with Crippen LogP contribution in [-0.4, -0.2) is 668 Å². The van der Waals surface area contributed by atoms with Crippen molar-refractivity contribution in [1.29, 1.82) is 0 Å². The molecule has 52 nitrogen and oxygen atoms in total. The number of carboxylic acids is 15. The van der Waals surface area contributed by atoms with Crippen molar-refractivity contribution in [2.45, 2.75) is 73.8 Å². The predicted molar refractivity (Wildman–Crippen MR) is 509 cm³/mol. The number of aliphatic carboxylic acids is 15. The summed E-state index contributed by atoms with van der Waals surface area (Å²) >= 11 is 0. The number of rotatable bonds is 41. The Morgan fingerprint density at radius 1 is 0.186 bits per heavy atom. The normalized spacial score (nSPS) is 19.8. The van der Waals surface area contributed by atoms with E-state index in [1.54, 1.807) is 44.1 Å². The molecule has 0 amide bonds. The van der Waals surface area contributed by atoms with Crippen LogP contribution in [0.25, 0.3) is 0 Å². The Labute approximate surface area is 819 Å². The number of hydrogen-bond donors (Lipinski definition) is 15. The molecule has 5 saturated heterocycles. The van der Waals surface area contributed by atoms with Crippen LogP contribution in [0.3, 0.4) is 0 Å². The third-order valence-electron chi connectivity index (χ3n) is 23.6. The SMILES string of the molecule is CC(=O)CCN1CCN(CC(=O)O)CCN(CC(=O)O)CCN(CC(=O)O)CC1.CC(=O)CN1CCN(CC(=O)O)CCN(CC(=O)O)CCN(CC(=O)O)CC1.CC(C)CN1CCN(CC(=O)O)CCN(CC(=O)O)CCN(CC(=O)O)CC1.CCC(C)N1CCN(CC(=O)O)CCN(CC(=O)O)CCN(CC(=O)O)CC1.CCCN1CCN(CC(=O)O)CCN(CC(=O)O)CCN(CC(=O)O)CC1. The highest BCUT2D eigenvalue weighted by Gasteiger charge is 2.29. The summed E-state index contributed by atoms with van der Waals surface area (Å²) < 4.78 is 0. The smallest absolute Gasteiger partial charge is 0.317 e. The largest absolute Gasteiger partial charge is 0.480 e. The molecule has 5 rings (SSSR count). The van der Waals surface area contributed by atoms with E-state index in [0.717, 1.165) is 25.9 Å². The van der Waals surface area contributed by atoms with Gasteiger partial charge in [-0.25, -0.2) is 0 Å². The first kappa shape index (κ1) is 129. The van der Waals surface area contributed by atoms with Gasteiger partial charge in [-0.05, 0) is 46.1 Å². The van der Waals surface area contributed by atoms with Crippen LogP contribution in [-0.2, 0) is 81.5 Å². The molecule has 0 aromatic rings. The quantitative estimate of drug-likeness (QED) is 0.0271. The van der Waals surface area contributed by atoms with Crippen LogP contribution in [0.1, 0.15) is 67.7 Å². The van der Waals surface area contributed by atoms with Gasteiger partial charge in [0.25, 0.3) is 0 Å². The standard InChI is InChI=1S/C18H32N4O7.2C18H34N4O6.C17H30N4O7.C17H32N4O6/c1-15(23)2-3-19-4-6-20(12-16(24)25)8-10-22(14-18(28)29)11-9-21(7-5-19)13-17(26)27;1-15(2)11-19-3-5-20(12-16(23)24)7-9-22(14-18(27)28)10-8-21(6-4-19)13-17(25)26;1-3-15(2)22-10-8-20(13-17(25)26)6-4-19(12-16(23)24)5-7-21(9-11-22)14-18(27)28;1-14(22)10-18-2-4-19(11-15(23)24)6-8-21(13-17(27)28)9-7-20(5-3-18)12-16(25)26;1-2-3-18-4-6-19(12-15(22)23)8-10-21(14-17(26)27)11-9-20(7-5-18)13-16(24)25/h2-14H2,1H3,(H,24,25)(H,26,27)(H,28,29);2*15H,3-14H2,1-2H3,(H,23,24)(H,25,26)(H,27,28);2-13H2,1H3,(H,23,24)(H,25,26)(H,27,28);2-14H2,1H3,(H,22,23)(H,24,25)(H,26,27). The highest BCUT2D eigenvalue weighted by atomic mass is 16.4. The molecular formula is C88H162N20O32. The minimum Gasteiger partial charge on any atom is -0.480 e. The molecule has 0 saturated carbocycles. The highest BCUT2D eigenvalue weighted by molar-refractivity contribution is 5.78. The second kappa shape index (κ2) is 74.5. The van der Waals surface area contributed by atoms with Gasteiger partial charge in [0.05, 0.1) is 105 Å². The third-order valence-corrected chi connectivity index (χ3v) is 23.6. The van der Waals surface area contributed by atoms with Gasteiger partial charge in [-0.2, -0.15) is 0 Å². The van der Waals surface area contributed by atoms with Gasteiger partial charge in [0.15, 0.2) is 0 Å². The van der Waals surface area contributed by atoms with Gasteiger partial charge in [-0.3, -0.25) is 165 Å². The zero-order valence-electron chi connectivity index (χ0n) is 83.1. The number of carbonyl (C=O) groups excluding carboxylic acids is 2. The third kappa shape index (κ3) is 70.3. The van der Waals surface area contributed by atoms with E-state index in [0.29, 0.717) is 287 Å². The van der Waals surface area contributed by atoms with Crippen molar-refractivity contribution in [1.82, 2.24) is 98.0 Å². The zero-order valence-corrected chi connectivity index (χ0v) is 83.1. The lowest BCUT2D eigenvalue weighted by molar-refractivity contribution is -0.140. The molecule has 806 valence electrons. The Morgan fingerprint density at radius 2 is 0.321 bits per heavy atom. The number of Topliss-reactive ketones (excluding diaryl/α,β-unsaturated/α-hetero) is 2. The second-order valence-electron chi connectivity index (χ2n) is 36.1. The van der Waals surface area contributed by atoms with Crippen LogP contribution in [0.4, 0.5) is 0 Å². The van der Waals surface area contributed by atoms with Crippen LogP contribution in [0.5, 0.6) is 0 Å². The monoisotopic (exact) mass is 2010 g/mol. The van der Waals surface area contributed by atoms with Crippen molar-refractivity contribution in [3.8, 4) is 0 Å². The van der Waals surface area contributed by atoms with Crippen molar-refractivity contribution in [3.05, 3.63) is 0 Å². The van der Waals surface area contributed by atoms with Crippen molar-refractivity contribution < 1.29 is 158 Å². The Bertz CT molecular complexity index is 3480. The molecule has 0 aliphatic carbocycles. The molecule has 1 unspecified atom stereocenters. The number of carboxylic acid groups (broad SMARTS) is 15. The molecule has 5 aliphatic rings. The van der Waals surface area contributed by atoms with E-state index in [4.69, 9.17) is 56.2 Å². The molecule has 52 heteroatoms. The number of hydrogen-bond acceptors (Lipinski definition) is 37. The van der Waals surface area contributed by atoms with E-state index in [2.05, 4.69) is 49.3 Å². The van der Waals surface area contributed by atoms with Gasteiger partial charge in [-0.1, -0.05) is 27.7 Å². The fourth-order valence-corrected chi connectivity index (χ4v) is 16.1. The molecule has 0 aromatic heterocycles. The zero-order chi connectivity index (χ0) is 105. The summed E-state index contributed by atoms with van der Waals surface area (Å²) in [5, 5.41) is 137. The van der Waals surface area contributed by atoms with Gasteiger partial charge < -0.3 is 91.3 Å². The average molecular weight is 2010 g/mol. The first-order valence-corrected chi connectivity index (χ1v) is 47.7. The van der Waals surface area contributed by atoms with Crippen LogP contribution >= 0.6 is 0 Å². The number of carbonyl (C=O) groups is 17. The van der Waals surface area contributed by atoms with Crippen molar-refractivity contribution >= 4 is 101 Å². The van der Waals surface area contributed by atoms with E-state index >= 15 is 0 Å². The van der Waals surface area contributed by atoms with Crippen LogP contribution in [0.2, 0.25) is 0 Å². The van der Waals surface area contributed by atoms with E-state index < -0.39 is 89.5 Å². The summed E-state index contributed by atoms with van der Waals surface area (Å²) in [4.78, 5) is 227. The van der Waals surface area contributed by atoms with Crippen LogP contribution in [0.15, 0.2) is 0 Å². The van der Waals surface area contributed by atoms with E-state index in [1.165, 1.54) is 13.8 Å². The Hall–Kier alpha value is -9.41. The Morgan fingerprint density at radius 3 is 0.450 bits per heavy atom. The average Bonchev–Trinajstić information content (AvgIpc) is 0.899. The second-order valence-corrected chi connectivity index (χ2v) is 36.1. The van der Waals surface area contributed by atoms with Gasteiger partial charge in [0.2, 0.25) is 0 Å². The lowest BCUT2D eigenvalue weighted by Gasteiger charge is -2.35. The first-order valence-electron chi connectivity index (χ1n) is 47.7. The summed E-state index contributed by atoms with van der Waals surface area (Å²) in [5.74, 6) is -13.6. The molecule has 140 heavy (non-hydrogen) atoms. The first-order chi connectivity index (χ1) is 66.0. The maximum absolute atomic E-state index is 11.5. The summed E-state index contributed by atoms with van der Waals surface area (Å²) in [7, 11) is 0. The van der Waals surface area contributed by atoms with Crippen LogP contribution < -0.4 is 0 Å². The highest BCUT2D eigenvalue weighted by Crippen LogP contribution is 2.12. The maximum Gasteiger partial charge on any atom is 0.317 e. The molecule has 0 aromatic carbocycles. The van der Waals surface area contributed by atoms with Crippen molar-refractivity contribution in [2.75, 3.05) is 386 Å². The predicted octanol–water partition coefficient (Wildman–Crippen LogP) is -6.26. The lowest BCUT2D eigenvalue weighted by Crippen LogP contribution is -2.49. The summed E-state index contributed by atoms with van der Waals surface area (Å²) in [5.41, 5.74) is 0. The molecule has 15 N–H and O–H groups in total. The van der Waals surface area contributed by atoms with Crippen LogP contribution in [0, 0.1) is 5.92 Å². The molecule has 5 heterocycles. The molecule has 5 aliphatic heterocycles. The van der Waals surface area contributed by atoms with Gasteiger partial charge >= 0.3 is 89.5 Å². The van der Waals surface area contributed by atoms with E-state index in [-0.39, 0.29) is 116 Å². The molecule has 5 fully saturated rings. The minimum atomic E-state index is -0.991. The van der Waals surface area contributed by atoms with Gasteiger partial charge in [-0.15, -0.1) is 0 Å². The van der Waals surface area contributed by atoms with E-state index in [1.807, 2.05) is 39.2 Å². The minimum absolute atomic E-state index is 0.0192. The van der Waals surface area contributed by atoms with E-state index in [9.17, 15) is 102 Å². The number of nitrogens with zero attached hydrogens (tertiary/aromatic N) is 20. The fourth-order valence-electron chi connectivity index (χ4n) is 16.1. The molecular weight excluding hydrogens is 1850 g/mol. The fraction of sp³-hybridized carbons (Fsp3) is 0.807. The maximum atomic E-state index is 11.5. The van der Waals surface area contributed by atoms with Gasteiger partial charge in [0.1, 0.15) is 11.6 Å². The Balaban J connectivity index is 0.000000875. The lowest BCUT2D eigenvalue weighted by atomic mass is 10.2.